The summed E-state index contributed by atoms with van der Waals surface area (Å²) in [6.07, 6.45) is 1.72. The lowest BCUT2D eigenvalue weighted by atomic mass is 10.2. The van der Waals surface area contributed by atoms with Crippen LogP contribution >= 0.6 is 22.9 Å². The number of halogens is 1. The Kier molecular flexibility index (Phi) is 5.93. The molecule has 0 radical (unpaired) electrons. The zero-order valence-electron chi connectivity index (χ0n) is 15.6. The Labute approximate surface area is 177 Å². The van der Waals surface area contributed by atoms with E-state index in [0.29, 0.717) is 23.1 Å². The third kappa shape index (κ3) is 4.85. The second-order valence-electron chi connectivity index (χ2n) is 6.18. The molecule has 0 bridgehead atoms. The number of methoxy groups -OCH3 is 1. The number of rotatable bonds is 7. The van der Waals surface area contributed by atoms with E-state index in [1.165, 1.54) is 0 Å². The van der Waals surface area contributed by atoms with Crippen molar-refractivity contribution in [1.82, 2.24) is 4.98 Å². The van der Waals surface area contributed by atoms with Crippen molar-refractivity contribution in [2.24, 2.45) is 5.10 Å². The number of fused-ring (bicyclic) bond motifs is 1. The molecule has 29 heavy (non-hydrogen) atoms. The highest BCUT2D eigenvalue weighted by Gasteiger charge is 2.06. The van der Waals surface area contributed by atoms with E-state index in [1.54, 1.807) is 24.7 Å². The van der Waals surface area contributed by atoms with E-state index in [2.05, 4.69) is 15.5 Å². The standard InChI is InChI=1S/C22H18ClN3O2S/c1-27-19-11-8-16(12-20(19)28-14-15-6-9-17(23)10-7-15)13-24-26-22-25-18-4-2-3-5-21(18)29-22/h2-13H,14H2,1H3,(H,25,26)/b24-13-. The summed E-state index contributed by atoms with van der Waals surface area (Å²) in [6.45, 7) is 0.415. The van der Waals surface area contributed by atoms with Gasteiger partial charge in [-0.3, -0.25) is 5.43 Å². The predicted molar refractivity (Wildman–Crippen MR) is 120 cm³/mol. The fourth-order valence-electron chi connectivity index (χ4n) is 2.71. The predicted octanol–water partition coefficient (Wildman–Crippen LogP) is 5.98. The molecule has 0 fully saturated rings. The quantitative estimate of drug-likeness (QED) is 0.293. The largest absolute Gasteiger partial charge is 0.493 e. The van der Waals surface area contributed by atoms with E-state index < -0.39 is 0 Å². The second kappa shape index (κ2) is 8.94. The summed E-state index contributed by atoms with van der Waals surface area (Å²) in [6, 6.07) is 21.2. The minimum Gasteiger partial charge on any atom is -0.493 e. The molecule has 1 N–H and O–H groups in total. The van der Waals surface area contributed by atoms with Gasteiger partial charge >= 0.3 is 0 Å². The van der Waals surface area contributed by atoms with Crippen LogP contribution in [0.25, 0.3) is 10.2 Å². The van der Waals surface area contributed by atoms with Gasteiger partial charge in [-0.15, -0.1) is 0 Å². The first-order chi connectivity index (χ1) is 14.2. The van der Waals surface area contributed by atoms with Gasteiger partial charge in [0.2, 0.25) is 5.13 Å². The molecule has 7 heteroatoms. The number of hydrogen-bond donors (Lipinski definition) is 1. The Balaban J connectivity index is 1.45. The van der Waals surface area contributed by atoms with Crippen molar-refractivity contribution < 1.29 is 9.47 Å². The van der Waals surface area contributed by atoms with Crippen LogP contribution in [-0.2, 0) is 6.61 Å². The van der Waals surface area contributed by atoms with Crippen molar-refractivity contribution in [3.8, 4) is 11.5 Å². The van der Waals surface area contributed by atoms with Crippen LogP contribution in [0, 0.1) is 0 Å². The Bertz CT molecular complexity index is 1110. The van der Waals surface area contributed by atoms with Gasteiger partial charge in [-0.1, -0.05) is 47.2 Å². The number of thiazole rings is 1. The number of hydrogen-bond acceptors (Lipinski definition) is 6. The van der Waals surface area contributed by atoms with E-state index in [4.69, 9.17) is 21.1 Å². The molecule has 0 aliphatic heterocycles. The van der Waals surface area contributed by atoms with Gasteiger partial charge in [0.15, 0.2) is 11.5 Å². The molecule has 5 nitrogen and oxygen atoms in total. The number of hydrazone groups is 1. The summed E-state index contributed by atoms with van der Waals surface area (Å²) in [5.74, 6) is 1.31. The number of nitrogens with one attached hydrogen (secondary N) is 1. The van der Waals surface area contributed by atoms with Crippen LogP contribution in [0.3, 0.4) is 0 Å². The zero-order chi connectivity index (χ0) is 20.1. The number of para-hydroxylation sites is 1. The molecule has 0 spiro atoms. The molecule has 0 aliphatic carbocycles. The second-order valence-corrected chi connectivity index (χ2v) is 7.65. The molecule has 4 aromatic rings. The van der Waals surface area contributed by atoms with Crippen LogP contribution in [0.4, 0.5) is 5.13 Å². The smallest absolute Gasteiger partial charge is 0.204 e. The molecule has 0 atom stereocenters. The highest BCUT2D eigenvalue weighted by atomic mass is 35.5. The molecule has 146 valence electrons. The minimum atomic E-state index is 0.415. The van der Waals surface area contributed by atoms with Crippen LogP contribution in [0.5, 0.6) is 11.5 Å². The maximum absolute atomic E-state index is 5.94. The number of nitrogens with zero attached hydrogens (tertiary/aromatic N) is 2. The molecule has 0 saturated carbocycles. The molecule has 1 aromatic heterocycles. The lowest BCUT2D eigenvalue weighted by Gasteiger charge is -2.11. The van der Waals surface area contributed by atoms with Crippen LogP contribution in [0.15, 0.2) is 71.8 Å². The third-order valence-electron chi connectivity index (χ3n) is 4.16. The van der Waals surface area contributed by atoms with Crippen LogP contribution in [-0.4, -0.2) is 18.3 Å². The van der Waals surface area contributed by atoms with Crippen molar-refractivity contribution in [3.63, 3.8) is 0 Å². The van der Waals surface area contributed by atoms with Gasteiger partial charge in [-0.05, 0) is 53.6 Å². The van der Waals surface area contributed by atoms with E-state index in [9.17, 15) is 0 Å². The van der Waals surface area contributed by atoms with Crippen LogP contribution in [0.1, 0.15) is 11.1 Å². The molecular weight excluding hydrogens is 406 g/mol. The average molecular weight is 424 g/mol. The number of anilines is 1. The first-order valence-electron chi connectivity index (χ1n) is 8.91. The average Bonchev–Trinajstić information content (AvgIpc) is 3.16. The number of benzene rings is 3. The summed E-state index contributed by atoms with van der Waals surface area (Å²) >= 11 is 7.49. The van der Waals surface area contributed by atoms with Gasteiger partial charge < -0.3 is 9.47 Å². The molecule has 3 aromatic carbocycles. The molecular formula is C22H18ClN3O2S. The van der Waals surface area contributed by atoms with E-state index in [1.807, 2.05) is 66.7 Å². The van der Waals surface area contributed by atoms with Crippen LogP contribution < -0.4 is 14.9 Å². The number of ether oxygens (including phenoxy) is 2. The van der Waals surface area contributed by atoms with Gasteiger partial charge in [0, 0.05) is 5.02 Å². The first-order valence-corrected chi connectivity index (χ1v) is 10.1. The minimum absolute atomic E-state index is 0.415. The summed E-state index contributed by atoms with van der Waals surface area (Å²) in [7, 11) is 1.62. The fourth-order valence-corrected chi connectivity index (χ4v) is 3.65. The van der Waals surface area contributed by atoms with Crippen molar-refractivity contribution in [2.75, 3.05) is 12.5 Å². The van der Waals surface area contributed by atoms with E-state index in [-0.39, 0.29) is 0 Å². The summed E-state index contributed by atoms with van der Waals surface area (Å²) in [4.78, 5) is 4.50. The third-order valence-corrected chi connectivity index (χ3v) is 5.36. The highest BCUT2D eigenvalue weighted by Crippen LogP contribution is 2.29. The van der Waals surface area contributed by atoms with E-state index in [0.717, 1.165) is 26.5 Å². The van der Waals surface area contributed by atoms with Crippen molar-refractivity contribution >= 4 is 44.5 Å². The molecule has 4 rings (SSSR count). The summed E-state index contributed by atoms with van der Waals surface area (Å²) < 4.78 is 12.5. The van der Waals surface area contributed by atoms with Gasteiger partial charge in [-0.25, -0.2) is 4.98 Å². The lowest BCUT2D eigenvalue weighted by Crippen LogP contribution is -1.99. The summed E-state index contributed by atoms with van der Waals surface area (Å²) in [5, 5.41) is 5.74. The molecule has 0 aliphatic rings. The van der Waals surface area contributed by atoms with Gasteiger partial charge in [0.05, 0.1) is 23.5 Å². The molecule has 0 saturated heterocycles. The van der Waals surface area contributed by atoms with Crippen molar-refractivity contribution in [2.45, 2.75) is 6.61 Å². The SMILES string of the molecule is COc1ccc(/C=N\Nc2nc3ccccc3s2)cc1OCc1ccc(Cl)cc1. The molecule has 1 heterocycles. The lowest BCUT2D eigenvalue weighted by molar-refractivity contribution is 0.284. The maximum Gasteiger partial charge on any atom is 0.204 e. The van der Waals surface area contributed by atoms with E-state index >= 15 is 0 Å². The Morgan fingerprint density at radius 1 is 1.07 bits per heavy atom. The maximum atomic E-state index is 5.94. The van der Waals surface area contributed by atoms with Crippen LogP contribution in [0.2, 0.25) is 5.02 Å². The Morgan fingerprint density at radius 2 is 1.90 bits per heavy atom. The highest BCUT2D eigenvalue weighted by molar-refractivity contribution is 7.22. The normalized spacial score (nSPS) is 11.1. The summed E-state index contributed by atoms with van der Waals surface area (Å²) in [5.41, 5.74) is 5.84. The van der Waals surface area contributed by atoms with Crippen molar-refractivity contribution in [1.29, 1.82) is 0 Å². The number of aromatic nitrogens is 1. The zero-order valence-corrected chi connectivity index (χ0v) is 17.2. The fraction of sp³-hybridized carbons (Fsp3) is 0.0909. The molecule has 0 unspecified atom stereocenters. The first kappa shape index (κ1) is 19.2. The Morgan fingerprint density at radius 3 is 2.69 bits per heavy atom. The topological polar surface area (TPSA) is 55.7 Å². The Hall–Kier alpha value is -3.09. The van der Waals surface area contributed by atoms with Gasteiger partial charge in [0.25, 0.3) is 0 Å². The molecule has 0 amide bonds. The van der Waals surface area contributed by atoms with Gasteiger partial charge in [-0.2, -0.15) is 5.10 Å². The van der Waals surface area contributed by atoms with Crippen molar-refractivity contribution in [3.05, 3.63) is 82.9 Å². The van der Waals surface area contributed by atoms with Gasteiger partial charge in [0.1, 0.15) is 6.61 Å². The monoisotopic (exact) mass is 423 g/mol.